The molecule has 0 aliphatic rings. The topological polar surface area (TPSA) is 57.0 Å². The van der Waals surface area contributed by atoms with E-state index in [1.807, 2.05) is 24.3 Å². The van der Waals surface area contributed by atoms with Crippen molar-refractivity contribution >= 4 is 16.8 Å². The molecule has 0 amide bonds. The molecule has 5 nitrogen and oxygen atoms in total. The van der Waals surface area contributed by atoms with E-state index in [0.29, 0.717) is 0 Å². The highest BCUT2D eigenvalue weighted by molar-refractivity contribution is 5.90. The molecule has 0 fully saturated rings. The van der Waals surface area contributed by atoms with Crippen LogP contribution in [0, 0.1) is 0 Å². The van der Waals surface area contributed by atoms with Crippen LogP contribution in [0.3, 0.4) is 0 Å². The molecule has 0 spiro atoms. The number of hydrogen-bond donors (Lipinski definition) is 0. The molecule has 0 radical (unpaired) electrons. The van der Waals surface area contributed by atoms with Gasteiger partial charge in [0, 0.05) is 0 Å². The Morgan fingerprint density at radius 1 is 1.53 bits per heavy atom. The van der Waals surface area contributed by atoms with Crippen molar-refractivity contribution in [3.63, 3.8) is 0 Å². The van der Waals surface area contributed by atoms with Gasteiger partial charge in [-0.15, -0.1) is 5.10 Å². The number of fused-ring (bicyclic) bond motifs is 1. The van der Waals surface area contributed by atoms with Crippen molar-refractivity contribution in [3.05, 3.63) is 36.9 Å². The number of ketones is 1. The standard InChI is InChI=1S/C10H9N3O2/c1-2-8(14)7-15-13-10-6-4-3-5-9(10)11-12-13/h2-6H,1,7H2. The van der Waals surface area contributed by atoms with Crippen LogP contribution in [0.25, 0.3) is 11.0 Å². The van der Waals surface area contributed by atoms with Gasteiger partial charge in [0.2, 0.25) is 0 Å². The molecule has 0 aliphatic heterocycles. The van der Waals surface area contributed by atoms with Crippen LogP contribution in [0.15, 0.2) is 36.9 Å². The quantitative estimate of drug-likeness (QED) is 0.683. The molecule has 2 rings (SSSR count). The number of benzene rings is 1. The number of aromatic nitrogens is 3. The first-order valence-electron chi connectivity index (χ1n) is 4.40. The van der Waals surface area contributed by atoms with Gasteiger partial charge >= 0.3 is 0 Å². The van der Waals surface area contributed by atoms with E-state index in [1.54, 1.807) is 0 Å². The van der Waals surface area contributed by atoms with Gasteiger partial charge in [-0.3, -0.25) is 4.79 Å². The molecule has 1 aromatic heterocycles. The van der Waals surface area contributed by atoms with Gasteiger partial charge in [-0.05, 0) is 23.4 Å². The molecule has 0 saturated carbocycles. The lowest BCUT2D eigenvalue weighted by atomic mass is 10.3. The van der Waals surface area contributed by atoms with E-state index in [1.165, 1.54) is 10.9 Å². The van der Waals surface area contributed by atoms with Crippen LogP contribution in [-0.2, 0) is 4.79 Å². The molecule has 0 atom stereocenters. The summed E-state index contributed by atoms with van der Waals surface area (Å²) < 4.78 is 0. The van der Waals surface area contributed by atoms with Crippen LogP contribution < -0.4 is 4.84 Å². The number of carbonyl (C=O) groups is 1. The van der Waals surface area contributed by atoms with Crippen molar-refractivity contribution < 1.29 is 9.63 Å². The average Bonchev–Trinajstić information content (AvgIpc) is 2.69. The summed E-state index contributed by atoms with van der Waals surface area (Å²) in [5.74, 6) is -0.199. The Morgan fingerprint density at radius 3 is 3.13 bits per heavy atom. The van der Waals surface area contributed by atoms with Crippen LogP contribution >= 0.6 is 0 Å². The highest BCUT2D eigenvalue weighted by Crippen LogP contribution is 2.07. The SMILES string of the molecule is C=CC(=O)COn1nnc2ccccc21. The van der Waals surface area contributed by atoms with Gasteiger partial charge in [0.1, 0.15) is 11.0 Å². The van der Waals surface area contributed by atoms with Crippen LogP contribution in [-0.4, -0.2) is 27.5 Å². The Morgan fingerprint density at radius 2 is 2.33 bits per heavy atom. The van der Waals surface area contributed by atoms with E-state index in [0.717, 1.165) is 11.0 Å². The highest BCUT2D eigenvalue weighted by atomic mass is 16.7. The molecule has 0 unspecified atom stereocenters. The predicted octanol–water partition coefficient (Wildman–Crippen LogP) is 0.615. The van der Waals surface area contributed by atoms with Crippen LogP contribution in [0.4, 0.5) is 0 Å². The zero-order valence-corrected chi connectivity index (χ0v) is 7.96. The number of hydrogen-bond acceptors (Lipinski definition) is 4. The van der Waals surface area contributed by atoms with Gasteiger partial charge in [0.15, 0.2) is 12.4 Å². The first-order chi connectivity index (χ1) is 7.31. The first kappa shape index (κ1) is 9.39. The third-order valence-electron chi connectivity index (χ3n) is 1.88. The van der Waals surface area contributed by atoms with E-state index < -0.39 is 0 Å². The van der Waals surface area contributed by atoms with Crippen molar-refractivity contribution in [2.75, 3.05) is 6.61 Å². The van der Waals surface area contributed by atoms with Crippen molar-refractivity contribution in [1.82, 2.24) is 15.2 Å². The Labute approximate surface area is 85.9 Å². The minimum atomic E-state index is -0.199. The summed E-state index contributed by atoms with van der Waals surface area (Å²) in [6.45, 7) is 3.26. The summed E-state index contributed by atoms with van der Waals surface area (Å²) in [4.78, 5) is 17.3. The molecular weight excluding hydrogens is 194 g/mol. The van der Waals surface area contributed by atoms with Crippen LogP contribution in [0.5, 0.6) is 0 Å². The fourth-order valence-electron chi connectivity index (χ4n) is 1.13. The van der Waals surface area contributed by atoms with Crippen molar-refractivity contribution in [2.45, 2.75) is 0 Å². The molecular formula is C10H9N3O2. The maximum Gasteiger partial charge on any atom is 0.195 e. The fourth-order valence-corrected chi connectivity index (χ4v) is 1.13. The van der Waals surface area contributed by atoms with E-state index in [-0.39, 0.29) is 12.4 Å². The second kappa shape index (κ2) is 3.91. The number of carbonyl (C=O) groups excluding carboxylic acids is 1. The maximum atomic E-state index is 10.9. The van der Waals surface area contributed by atoms with Gasteiger partial charge in [-0.25, -0.2) is 0 Å². The molecule has 0 bridgehead atoms. The third kappa shape index (κ3) is 1.85. The van der Waals surface area contributed by atoms with Gasteiger partial charge in [-0.2, -0.15) is 0 Å². The van der Waals surface area contributed by atoms with Crippen LogP contribution in [0.1, 0.15) is 0 Å². The highest BCUT2D eigenvalue weighted by Gasteiger charge is 2.04. The van der Waals surface area contributed by atoms with E-state index in [4.69, 9.17) is 4.84 Å². The summed E-state index contributed by atoms with van der Waals surface area (Å²) >= 11 is 0. The zero-order valence-electron chi connectivity index (χ0n) is 7.96. The molecule has 0 N–H and O–H groups in total. The predicted molar refractivity (Wildman–Crippen MR) is 54.2 cm³/mol. The average molecular weight is 203 g/mol. The van der Waals surface area contributed by atoms with Crippen molar-refractivity contribution in [3.8, 4) is 0 Å². The molecule has 5 heteroatoms. The molecule has 0 aliphatic carbocycles. The normalized spacial score (nSPS) is 10.1. The Hall–Kier alpha value is -2.17. The molecule has 1 aromatic carbocycles. The first-order valence-corrected chi connectivity index (χ1v) is 4.40. The lowest BCUT2D eigenvalue weighted by molar-refractivity contribution is -0.119. The van der Waals surface area contributed by atoms with Crippen molar-refractivity contribution in [2.24, 2.45) is 0 Å². The lowest BCUT2D eigenvalue weighted by Crippen LogP contribution is -2.19. The second-order valence-corrected chi connectivity index (χ2v) is 2.89. The number of para-hydroxylation sites is 1. The van der Waals surface area contributed by atoms with Gasteiger partial charge in [0.25, 0.3) is 0 Å². The summed E-state index contributed by atoms with van der Waals surface area (Å²) in [5.41, 5.74) is 1.46. The smallest absolute Gasteiger partial charge is 0.195 e. The summed E-state index contributed by atoms with van der Waals surface area (Å²) in [7, 11) is 0. The summed E-state index contributed by atoms with van der Waals surface area (Å²) in [6.07, 6.45) is 1.21. The molecule has 0 saturated heterocycles. The summed E-state index contributed by atoms with van der Waals surface area (Å²) in [5, 5.41) is 7.63. The third-order valence-corrected chi connectivity index (χ3v) is 1.88. The monoisotopic (exact) mass is 203 g/mol. The van der Waals surface area contributed by atoms with Gasteiger partial charge in [0.05, 0.1) is 0 Å². The minimum Gasteiger partial charge on any atom is -0.387 e. The lowest BCUT2D eigenvalue weighted by Gasteiger charge is -2.01. The second-order valence-electron chi connectivity index (χ2n) is 2.89. The fraction of sp³-hybridized carbons (Fsp3) is 0.100. The molecule has 15 heavy (non-hydrogen) atoms. The van der Waals surface area contributed by atoms with Gasteiger partial charge in [-0.1, -0.05) is 23.6 Å². The Balaban J connectivity index is 2.21. The summed E-state index contributed by atoms with van der Waals surface area (Å²) in [6, 6.07) is 7.34. The van der Waals surface area contributed by atoms with Crippen LogP contribution in [0.2, 0.25) is 0 Å². The Bertz CT molecular complexity index is 504. The zero-order chi connectivity index (χ0) is 10.7. The molecule has 1 heterocycles. The van der Waals surface area contributed by atoms with Gasteiger partial charge < -0.3 is 4.84 Å². The maximum absolute atomic E-state index is 10.9. The molecule has 2 aromatic rings. The van der Waals surface area contributed by atoms with E-state index in [9.17, 15) is 4.79 Å². The minimum absolute atomic E-state index is 0.0865. The number of nitrogens with zero attached hydrogens (tertiary/aromatic N) is 3. The van der Waals surface area contributed by atoms with E-state index >= 15 is 0 Å². The number of rotatable bonds is 4. The largest absolute Gasteiger partial charge is 0.387 e. The Kier molecular flexibility index (Phi) is 2.45. The molecule has 76 valence electrons. The van der Waals surface area contributed by atoms with Crippen molar-refractivity contribution in [1.29, 1.82) is 0 Å². The van der Waals surface area contributed by atoms with E-state index in [2.05, 4.69) is 16.9 Å².